The van der Waals surface area contributed by atoms with Crippen molar-refractivity contribution in [3.05, 3.63) is 29.1 Å². The summed E-state index contributed by atoms with van der Waals surface area (Å²) in [5.74, 6) is -15.7. The average molecular weight is 382 g/mol. The summed E-state index contributed by atoms with van der Waals surface area (Å²) >= 11 is 0. The van der Waals surface area contributed by atoms with Crippen LogP contribution in [-0.4, -0.2) is 18.5 Å². The van der Waals surface area contributed by atoms with Crippen molar-refractivity contribution in [2.24, 2.45) is 11.3 Å². The van der Waals surface area contributed by atoms with Gasteiger partial charge in [-0.1, -0.05) is 27.7 Å². The number of benzene rings is 1. The van der Waals surface area contributed by atoms with Gasteiger partial charge in [0, 0.05) is 0 Å². The number of rotatable bonds is 7. The molecule has 1 aromatic carbocycles. The van der Waals surface area contributed by atoms with Crippen molar-refractivity contribution in [1.29, 1.82) is 0 Å². The van der Waals surface area contributed by atoms with E-state index in [1.807, 2.05) is 0 Å². The lowest BCUT2D eigenvalue weighted by Gasteiger charge is -2.27. The van der Waals surface area contributed by atoms with Gasteiger partial charge in [0.25, 0.3) is 0 Å². The van der Waals surface area contributed by atoms with Crippen LogP contribution in [0.3, 0.4) is 0 Å². The standard InChI is InChI=1S/C17H19F5O4/c1-5-17(6-2,15(23)25-7-8(3)4)16(24)26-14-12(21)10(19)9(18)11(20)13(14)22/h8H,5-7H2,1-4H3. The van der Waals surface area contributed by atoms with Crippen molar-refractivity contribution in [3.63, 3.8) is 0 Å². The van der Waals surface area contributed by atoms with Crippen LogP contribution in [0.2, 0.25) is 0 Å². The van der Waals surface area contributed by atoms with Gasteiger partial charge in [-0.3, -0.25) is 9.59 Å². The molecule has 0 atom stereocenters. The highest BCUT2D eigenvalue weighted by Crippen LogP contribution is 2.34. The minimum atomic E-state index is -2.38. The van der Waals surface area contributed by atoms with E-state index in [2.05, 4.69) is 4.74 Å². The highest BCUT2D eigenvalue weighted by Gasteiger charge is 2.47. The van der Waals surface area contributed by atoms with E-state index in [9.17, 15) is 31.5 Å². The van der Waals surface area contributed by atoms with E-state index >= 15 is 0 Å². The van der Waals surface area contributed by atoms with Gasteiger partial charge >= 0.3 is 11.9 Å². The fourth-order valence-corrected chi connectivity index (χ4v) is 2.16. The Hall–Kier alpha value is -2.19. The molecular formula is C17H19F5O4. The summed E-state index contributed by atoms with van der Waals surface area (Å²) in [5.41, 5.74) is -1.94. The Morgan fingerprint density at radius 1 is 0.846 bits per heavy atom. The molecule has 0 radical (unpaired) electrons. The van der Waals surface area contributed by atoms with E-state index in [0.717, 1.165) is 0 Å². The first-order valence-electron chi connectivity index (χ1n) is 7.94. The van der Waals surface area contributed by atoms with Gasteiger partial charge in [0.1, 0.15) is 0 Å². The monoisotopic (exact) mass is 382 g/mol. The van der Waals surface area contributed by atoms with Crippen LogP contribution in [0, 0.1) is 40.4 Å². The molecule has 26 heavy (non-hydrogen) atoms. The van der Waals surface area contributed by atoms with E-state index < -0.39 is 52.2 Å². The number of carbonyl (C=O) groups is 2. The molecule has 0 spiro atoms. The molecule has 0 N–H and O–H groups in total. The molecule has 146 valence electrons. The van der Waals surface area contributed by atoms with Gasteiger partial charge in [-0.05, 0) is 18.8 Å². The summed E-state index contributed by atoms with van der Waals surface area (Å²) in [6.07, 6.45) is -0.316. The maximum absolute atomic E-state index is 13.7. The van der Waals surface area contributed by atoms with Crippen LogP contribution < -0.4 is 4.74 Å². The maximum atomic E-state index is 13.7. The molecule has 1 aromatic rings. The zero-order valence-electron chi connectivity index (χ0n) is 14.7. The minimum Gasteiger partial charge on any atom is -0.465 e. The summed E-state index contributed by atoms with van der Waals surface area (Å²) in [6.45, 7) is 6.34. The molecule has 0 aromatic heterocycles. The van der Waals surface area contributed by atoms with Crippen molar-refractivity contribution in [1.82, 2.24) is 0 Å². The summed E-state index contributed by atoms with van der Waals surface area (Å²) in [4.78, 5) is 24.7. The Morgan fingerprint density at radius 3 is 1.65 bits per heavy atom. The lowest BCUT2D eigenvalue weighted by Crippen LogP contribution is -2.43. The Kier molecular flexibility index (Phi) is 7.11. The molecule has 9 heteroatoms. The van der Waals surface area contributed by atoms with E-state index in [-0.39, 0.29) is 25.4 Å². The van der Waals surface area contributed by atoms with Gasteiger partial charge in [0.15, 0.2) is 5.41 Å². The number of hydrogen-bond acceptors (Lipinski definition) is 4. The fourth-order valence-electron chi connectivity index (χ4n) is 2.16. The SMILES string of the molecule is CCC(CC)(C(=O)OCC(C)C)C(=O)Oc1c(F)c(F)c(F)c(F)c1F. The molecule has 0 aliphatic rings. The second-order valence-electron chi connectivity index (χ2n) is 6.07. The molecule has 0 saturated heterocycles. The third-order valence-electron chi connectivity index (χ3n) is 3.90. The molecular weight excluding hydrogens is 363 g/mol. The highest BCUT2D eigenvalue weighted by atomic mass is 19.2. The normalized spacial score (nSPS) is 11.6. The van der Waals surface area contributed by atoms with Crippen LogP contribution in [0.1, 0.15) is 40.5 Å². The number of hydrogen-bond donors (Lipinski definition) is 0. The first kappa shape index (κ1) is 21.9. The van der Waals surface area contributed by atoms with Crippen LogP contribution in [0.5, 0.6) is 5.75 Å². The predicted molar refractivity (Wildman–Crippen MR) is 80.7 cm³/mol. The topological polar surface area (TPSA) is 52.6 Å². The lowest BCUT2D eigenvalue weighted by molar-refractivity contribution is -0.169. The van der Waals surface area contributed by atoms with Crippen LogP contribution in [0.25, 0.3) is 0 Å². The molecule has 0 bridgehead atoms. The largest absolute Gasteiger partial charge is 0.465 e. The third kappa shape index (κ3) is 3.96. The average Bonchev–Trinajstić information content (AvgIpc) is 2.61. The van der Waals surface area contributed by atoms with E-state index in [1.165, 1.54) is 13.8 Å². The maximum Gasteiger partial charge on any atom is 0.329 e. The van der Waals surface area contributed by atoms with Crippen molar-refractivity contribution in [2.75, 3.05) is 6.61 Å². The van der Waals surface area contributed by atoms with Gasteiger partial charge < -0.3 is 9.47 Å². The zero-order chi connectivity index (χ0) is 20.2. The van der Waals surface area contributed by atoms with Crippen LogP contribution >= 0.6 is 0 Å². The first-order valence-corrected chi connectivity index (χ1v) is 7.94. The number of ether oxygens (including phenoxy) is 2. The highest BCUT2D eigenvalue weighted by molar-refractivity contribution is 6.00. The third-order valence-corrected chi connectivity index (χ3v) is 3.90. The summed E-state index contributed by atoms with van der Waals surface area (Å²) in [6, 6.07) is 0. The van der Waals surface area contributed by atoms with Gasteiger partial charge in [0.2, 0.25) is 34.8 Å². The number of carbonyl (C=O) groups excluding carboxylic acids is 2. The Bertz CT molecular complexity index is 670. The smallest absolute Gasteiger partial charge is 0.329 e. The van der Waals surface area contributed by atoms with Gasteiger partial charge in [-0.25, -0.2) is 13.2 Å². The van der Waals surface area contributed by atoms with E-state index in [4.69, 9.17) is 4.74 Å². The predicted octanol–water partition coefficient (Wildman–Crippen LogP) is 4.29. The van der Waals surface area contributed by atoms with Crippen LogP contribution in [-0.2, 0) is 14.3 Å². The summed E-state index contributed by atoms with van der Waals surface area (Å²) < 4.78 is 76.4. The van der Waals surface area contributed by atoms with Gasteiger partial charge in [-0.15, -0.1) is 0 Å². The Labute approximate surface area is 147 Å². The van der Waals surface area contributed by atoms with E-state index in [0.29, 0.717) is 0 Å². The van der Waals surface area contributed by atoms with Crippen molar-refractivity contribution < 1.29 is 41.0 Å². The zero-order valence-corrected chi connectivity index (χ0v) is 14.7. The summed E-state index contributed by atoms with van der Waals surface area (Å²) in [5, 5.41) is 0. The van der Waals surface area contributed by atoms with Gasteiger partial charge in [0.05, 0.1) is 6.61 Å². The second-order valence-corrected chi connectivity index (χ2v) is 6.07. The molecule has 0 unspecified atom stereocenters. The quantitative estimate of drug-likeness (QED) is 0.176. The number of halogens is 5. The van der Waals surface area contributed by atoms with Gasteiger partial charge in [-0.2, -0.15) is 8.78 Å². The van der Waals surface area contributed by atoms with Crippen LogP contribution in [0.4, 0.5) is 22.0 Å². The molecule has 0 aliphatic carbocycles. The molecule has 0 fully saturated rings. The Balaban J connectivity index is 3.26. The van der Waals surface area contributed by atoms with Crippen LogP contribution in [0.15, 0.2) is 0 Å². The second kappa shape index (κ2) is 8.46. The molecule has 0 amide bonds. The van der Waals surface area contributed by atoms with E-state index in [1.54, 1.807) is 13.8 Å². The minimum absolute atomic E-state index is 0.0175. The molecule has 4 nitrogen and oxygen atoms in total. The van der Waals surface area contributed by atoms with Crippen molar-refractivity contribution in [3.8, 4) is 5.75 Å². The lowest BCUT2D eigenvalue weighted by atomic mass is 9.82. The first-order chi connectivity index (χ1) is 12.0. The van der Waals surface area contributed by atoms with Crippen molar-refractivity contribution >= 4 is 11.9 Å². The molecule has 0 saturated carbocycles. The fraction of sp³-hybridized carbons (Fsp3) is 0.529. The Morgan fingerprint density at radius 2 is 1.27 bits per heavy atom. The summed E-state index contributed by atoms with van der Waals surface area (Å²) in [7, 11) is 0. The molecule has 0 heterocycles. The van der Waals surface area contributed by atoms with Crippen molar-refractivity contribution in [2.45, 2.75) is 40.5 Å². The molecule has 1 rings (SSSR count). The number of esters is 2. The molecule has 0 aliphatic heterocycles.